The molecule has 2 aromatic heterocycles. The zero-order chi connectivity index (χ0) is 20.6. The van der Waals surface area contributed by atoms with Gasteiger partial charge in [0.2, 0.25) is 5.78 Å². The second kappa shape index (κ2) is 7.63. The minimum atomic E-state index is -1.28. The van der Waals surface area contributed by atoms with E-state index in [0.29, 0.717) is 11.1 Å². The molecule has 7 nitrogen and oxygen atoms in total. The van der Waals surface area contributed by atoms with E-state index in [1.54, 1.807) is 5.38 Å². The number of carbonyl (C=O) groups is 2. The van der Waals surface area contributed by atoms with Gasteiger partial charge in [-0.2, -0.15) is 0 Å². The Morgan fingerprint density at radius 2 is 2.11 bits per heavy atom. The van der Waals surface area contributed by atoms with E-state index >= 15 is 0 Å². The molecule has 148 valence electrons. The number of thiazole rings is 1. The highest BCUT2D eigenvalue weighted by atomic mass is 32.2. The lowest BCUT2D eigenvalue weighted by atomic mass is 10.1. The van der Waals surface area contributed by atoms with E-state index < -0.39 is 33.8 Å². The van der Waals surface area contributed by atoms with Crippen LogP contribution in [-0.4, -0.2) is 35.8 Å². The van der Waals surface area contributed by atoms with Crippen LogP contribution in [0.25, 0.3) is 10.9 Å². The van der Waals surface area contributed by atoms with Gasteiger partial charge in [0.05, 0.1) is 17.8 Å². The van der Waals surface area contributed by atoms with Crippen LogP contribution < -0.4 is 4.72 Å². The Hall–Kier alpha value is -2.27. The number of carboxylic acid groups (broad SMARTS) is 1. The van der Waals surface area contributed by atoms with Gasteiger partial charge in [0.15, 0.2) is 5.01 Å². The van der Waals surface area contributed by atoms with Crippen LogP contribution >= 0.6 is 11.3 Å². The Morgan fingerprint density at radius 1 is 1.39 bits per heavy atom. The molecule has 1 unspecified atom stereocenters. The lowest BCUT2D eigenvalue weighted by Crippen LogP contribution is -2.39. The molecular formula is C18H18FN3O4S2. The van der Waals surface area contributed by atoms with Gasteiger partial charge in [-0.3, -0.25) is 9.36 Å². The summed E-state index contributed by atoms with van der Waals surface area (Å²) in [4.78, 5) is 28.3. The SMILES string of the molecule is CC(C)(C)[S+]([O-])NCc1csc(C(=O)c2cc(F)cc3c2ccn3C(=O)O)n1. The van der Waals surface area contributed by atoms with E-state index in [-0.39, 0.29) is 22.6 Å². The highest BCUT2D eigenvalue weighted by Crippen LogP contribution is 2.26. The van der Waals surface area contributed by atoms with Gasteiger partial charge < -0.3 is 9.66 Å². The highest BCUT2D eigenvalue weighted by Gasteiger charge is 2.26. The zero-order valence-corrected chi connectivity index (χ0v) is 17.0. The summed E-state index contributed by atoms with van der Waals surface area (Å²) >= 11 is -0.183. The molecule has 0 saturated carbocycles. The molecular weight excluding hydrogens is 405 g/mol. The number of aromatic nitrogens is 2. The minimum Gasteiger partial charge on any atom is -0.598 e. The van der Waals surface area contributed by atoms with E-state index in [0.717, 1.165) is 28.0 Å². The van der Waals surface area contributed by atoms with Crippen molar-refractivity contribution >= 4 is 45.5 Å². The minimum absolute atomic E-state index is 0.0436. The Morgan fingerprint density at radius 3 is 2.75 bits per heavy atom. The van der Waals surface area contributed by atoms with Gasteiger partial charge in [-0.15, -0.1) is 16.1 Å². The van der Waals surface area contributed by atoms with Crippen molar-refractivity contribution in [3.63, 3.8) is 0 Å². The van der Waals surface area contributed by atoms with Crippen LogP contribution in [0.5, 0.6) is 0 Å². The number of nitrogens with one attached hydrogen (secondary N) is 1. The molecule has 0 aliphatic heterocycles. The Bertz CT molecular complexity index is 1050. The maximum atomic E-state index is 14.0. The molecule has 10 heteroatoms. The molecule has 0 bridgehead atoms. The fourth-order valence-electron chi connectivity index (χ4n) is 2.53. The topological polar surface area (TPSA) is 107 Å². The summed E-state index contributed by atoms with van der Waals surface area (Å²) in [7, 11) is 0. The summed E-state index contributed by atoms with van der Waals surface area (Å²) in [5.41, 5.74) is 0.679. The van der Waals surface area contributed by atoms with Crippen molar-refractivity contribution < 1.29 is 23.6 Å². The molecule has 0 amide bonds. The molecule has 0 aliphatic rings. The first kappa shape index (κ1) is 20.5. The van der Waals surface area contributed by atoms with Crippen molar-refractivity contribution in [1.29, 1.82) is 0 Å². The van der Waals surface area contributed by atoms with Crippen molar-refractivity contribution in [1.82, 2.24) is 14.3 Å². The summed E-state index contributed by atoms with van der Waals surface area (Å²) in [6.07, 6.45) is -0.00384. The Balaban J connectivity index is 1.87. The normalized spacial score (nSPS) is 13.0. The van der Waals surface area contributed by atoms with Gasteiger partial charge in [-0.25, -0.2) is 14.2 Å². The number of ketones is 1. The van der Waals surface area contributed by atoms with Crippen molar-refractivity contribution in [2.45, 2.75) is 32.1 Å². The largest absolute Gasteiger partial charge is 0.598 e. The summed E-state index contributed by atoms with van der Waals surface area (Å²) in [6, 6.07) is 3.60. The fraction of sp³-hybridized carbons (Fsp3) is 0.278. The van der Waals surface area contributed by atoms with Crippen LogP contribution in [0.3, 0.4) is 0 Å². The van der Waals surface area contributed by atoms with Crippen molar-refractivity contribution in [3.8, 4) is 0 Å². The number of halogens is 1. The molecule has 0 fully saturated rings. The summed E-state index contributed by atoms with van der Waals surface area (Å²) in [6.45, 7) is 5.74. The summed E-state index contributed by atoms with van der Waals surface area (Å²) < 4.78 is 29.3. The first-order chi connectivity index (χ1) is 13.1. The van der Waals surface area contributed by atoms with Crippen LogP contribution in [0.1, 0.15) is 41.8 Å². The first-order valence-electron chi connectivity index (χ1n) is 8.26. The maximum absolute atomic E-state index is 14.0. The number of hydrogen-bond donors (Lipinski definition) is 2. The number of nitrogens with zero attached hydrogens (tertiary/aromatic N) is 2. The van der Waals surface area contributed by atoms with Crippen LogP contribution in [-0.2, 0) is 17.9 Å². The van der Waals surface area contributed by atoms with E-state index in [2.05, 4.69) is 9.71 Å². The first-order valence-corrected chi connectivity index (χ1v) is 10.3. The maximum Gasteiger partial charge on any atom is 0.416 e. The standard InChI is InChI=1S/C18H18FN3O4S2/c1-18(2,3)28(26)20-8-11-9-27-16(21-11)15(23)13-6-10(19)7-14-12(13)4-5-22(14)17(24)25/h4-7,9,20H,8H2,1-3H3,(H,24,25). The van der Waals surface area contributed by atoms with Crippen molar-refractivity contribution in [2.24, 2.45) is 0 Å². The van der Waals surface area contributed by atoms with Crippen LogP contribution in [0, 0.1) is 5.82 Å². The molecule has 0 saturated heterocycles. The molecule has 0 aliphatic carbocycles. The number of fused-ring (bicyclic) bond motifs is 1. The summed E-state index contributed by atoms with van der Waals surface area (Å²) in [5.74, 6) is -1.21. The smallest absolute Gasteiger partial charge is 0.416 e. The van der Waals surface area contributed by atoms with Crippen molar-refractivity contribution in [2.75, 3.05) is 0 Å². The number of benzene rings is 1. The van der Waals surface area contributed by atoms with Crippen LogP contribution in [0.2, 0.25) is 0 Å². The second-order valence-electron chi connectivity index (χ2n) is 7.03. The molecule has 2 heterocycles. The third-order valence-corrected chi connectivity index (χ3v) is 6.32. The molecule has 0 radical (unpaired) electrons. The molecule has 3 rings (SSSR count). The second-order valence-corrected chi connectivity index (χ2v) is 9.94. The molecule has 2 N–H and O–H groups in total. The van der Waals surface area contributed by atoms with E-state index in [9.17, 15) is 23.6 Å². The fourth-order valence-corrected chi connectivity index (χ4v) is 4.01. The van der Waals surface area contributed by atoms with Gasteiger partial charge in [-0.1, -0.05) is 0 Å². The third-order valence-electron chi connectivity index (χ3n) is 3.91. The molecule has 1 atom stereocenters. The van der Waals surface area contributed by atoms with Gasteiger partial charge in [-0.05, 0) is 39.0 Å². The predicted molar refractivity (Wildman–Crippen MR) is 106 cm³/mol. The highest BCUT2D eigenvalue weighted by molar-refractivity contribution is 7.90. The number of carbonyl (C=O) groups excluding carboxylic acids is 1. The van der Waals surface area contributed by atoms with Crippen molar-refractivity contribution in [3.05, 3.63) is 51.9 Å². The van der Waals surface area contributed by atoms with E-state index in [4.69, 9.17) is 0 Å². The molecule has 1 aromatic carbocycles. The van der Waals surface area contributed by atoms with Gasteiger partial charge in [0, 0.05) is 33.9 Å². The molecule has 0 spiro atoms. The van der Waals surface area contributed by atoms with E-state index in [1.165, 1.54) is 12.3 Å². The zero-order valence-electron chi connectivity index (χ0n) is 15.4. The van der Waals surface area contributed by atoms with Crippen LogP contribution in [0.15, 0.2) is 29.8 Å². The summed E-state index contributed by atoms with van der Waals surface area (Å²) in [5, 5.41) is 11.3. The average molecular weight is 423 g/mol. The van der Waals surface area contributed by atoms with Gasteiger partial charge in [0.1, 0.15) is 10.6 Å². The average Bonchev–Trinajstić information content (AvgIpc) is 3.24. The Labute approximate surface area is 167 Å². The lowest BCUT2D eigenvalue weighted by Gasteiger charge is -2.23. The van der Waals surface area contributed by atoms with Crippen LogP contribution in [0.4, 0.5) is 9.18 Å². The quantitative estimate of drug-likeness (QED) is 0.480. The van der Waals surface area contributed by atoms with Gasteiger partial charge >= 0.3 is 6.09 Å². The third kappa shape index (κ3) is 4.09. The molecule has 3 aromatic rings. The van der Waals surface area contributed by atoms with E-state index in [1.807, 2.05) is 20.8 Å². The number of hydrogen-bond acceptors (Lipinski definition) is 6. The monoisotopic (exact) mass is 423 g/mol. The predicted octanol–water partition coefficient (Wildman–Crippen LogP) is 3.55. The lowest BCUT2D eigenvalue weighted by molar-refractivity contribution is 0.103. The van der Waals surface area contributed by atoms with Gasteiger partial charge in [0.25, 0.3) is 0 Å². The number of rotatable bonds is 5. The molecule has 28 heavy (non-hydrogen) atoms. The Kier molecular flexibility index (Phi) is 5.57.